The summed E-state index contributed by atoms with van der Waals surface area (Å²) in [6, 6.07) is 4.89. The predicted octanol–water partition coefficient (Wildman–Crippen LogP) is 1.96. The van der Waals surface area contributed by atoms with Gasteiger partial charge in [-0.25, -0.2) is 0 Å². The van der Waals surface area contributed by atoms with Gasteiger partial charge in [0.2, 0.25) is 0 Å². The average Bonchev–Trinajstić information content (AvgIpc) is 2.35. The topological polar surface area (TPSA) is 58.6 Å². The number of amides is 1. The highest BCUT2D eigenvalue weighted by Gasteiger charge is 2.12. The van der Waals surface area contributed by atoms with Gasteiger partial charge in [0, 0.05) is 5.56 Å². The lowest BCUT2D eigenvalue weighted by molar-refractivity contribution is 0.0915. The number of halogens is 1. The van der Waals surface area contributed by atoms with Crippen molar-refractivity contribution < 1.29 is 14.6 Å². The van der Waals surface area contributed by atoms with E-state index in [-0.39, 0.29) is 18.6 Å². The summed E-state index contributed by atoms with van der Waals surface area (Å²) in [4.78, 5) is 11.8. The summed E-state index contributed by atoms with van der Waals surface area (Å²) in [6.07, 6.45) is 0.694. The number of aliphatic hydroxyl groups excluding tert-OH is 1. The summed E-state index contributed by atoms with van der Waals surface area (Å²) in [5.41, 5.74) is 0.532. The molecule has 0 saturated heterocycles. The first-order valence-electron chi connectivity index (χ1n) is 5.37. The highest BCUT2D eigenvalue weighted by atomic mass is 79.9. The second-order valence-electron chi connectivity index (χ2n) is 3.61. The number of ether oxygens (including phenoxy) is 1. The van der Waals surface area contributed by atoms with Crippen LogP contribution in [0, 0.1) is 0 Å². The smallest absolute Gasteiger partial charge is 0.251 e. The number of hydrogen-bond donors (Lipinski definition) is 2. The summed E-state index contributed by atoms with van der Waals surface area (Å²) in [5.74, 6) is 0.477. The van der Waals surface area contributed by atoms with Crippen LogP contribution in [0.25, 0.3) is 0 Å². The number of methoxy groups -OCH3 is 1. The van der Waals surface area contributed by atoms with Gasteiger partial charge in [0.25, 0.3) is 5.91 Å². The fourth-order valence-electron chi connectivity index (χ4n) is 1.35. The molecule has 0 aliphatic carbocycles. The number of benzene rings is 1. The third-order valence-corrected chi connectivity index (χ3v) is 3.08. The van der Waals surface area contributed by atoms with E-state index in [2.05, 4.69) is 21.2 Å². The molecule has 0 aromatic heterocycles. The number of nitrogens with one attached hydrogen (secondary N) is 1. The largest absolute Gasteiger partial charge is 0.496 e. The van der Waals surface area contributed by atoms with Crippen molar-refractivity contribution >= 4 is 21.8 Å². The van der Waals surface area contributed by atoms with Crippen LogP contribution in [0.3, 0.4) is 0 Å². The van der Waals surface area contributed by atoms with Crippen molar-refractivity contribution in [2.24, 2.45) is 0 Å². The fraction of sp³-hybridized carbons (Fsp3) is 0.417. The van der Waals surface area contributed by atoms with E-state index in [9.17, 15) is 4.79 Å². The molecular weight excluding hydrogens is 286 g/mol. The van der Waals surface area contributed by atoms with Crippen LogP contribution in [0.15, 0.2) is 22.7 Å². The summed E-state index contributed by atoms with van der Waals surface area (Å²) < 4.78 is 5.81. The van der Waals surface area contributed by atoms with E-state index in [1.165, 1.54) is 0 Å². The number of hydrogen-bond acceptors (Lipinski definition) is 3. The van der Waals surface area contributed by atoms with Gasteiger partial charge in [0.1, 0.15) is 5.75 Å². The van der Waals surface area contributed by atoms with Crippen molar-refractivity contribution in [2.75, 3.05) is 13.7 Å². The number of aliphatic hydroxyl groups is 1. The zero-order chi connectivity index (χ0) is 12.8. The Morgan fingerprint density at radius 3 is 2.76 bits per heavy atom. The van der Waals surface area contributed by atoms with E-state index in [4.69, 9.17) is 9.84 Å². The minimum atomic E-state index is -0.205. The molecule has 0 radical (unpaired) electrons. The summed E-state index contributed by atoms with van der Waals surface area (Å²) in [5, 5.41) is 11.8. The molecule has 17 heavy (non-hydrogen) atoms. The third kappa shape index (κ3) is 3.71. The van der Waals surface area contributed by atoms with Gasteiger partial charge in [-0.15, -0.1) is 0 Å². The molecule has 0 spiro atoms. The van der Waals surface area contributed by atoms with Gasteiger partial charge in [-0.3, -0.25) is 4.79 Å². The van der Waals surface area contributed by atoms with E-state index in [1.54, 1.807) is 25.3 Å². The van der Waals surface area contributed by atoms with E-state index in [0.29, 0.717) is 17.7 Å². The van der Waals surface area contributed by atoms with Gasteiger partial charge in [0.15, 0.2) is 0 Å². The van der Waals surface area contributed by atoms with Crippen LogP contribution in [0.2, 0.25) is 0 Å². The molecule has 0 aliphatic rings. The Labute approximate surface area is 109 Å². The maximum atomic E-state index is 11.8. The third-order valence-electron chi connectivity index (χ3n) is 2.46. The lowest BCUT2D eigenvalue weighted by atomic mass is 10.1. The van der Waals surface area contributed by atoms with Crippen molar-refractivity contribution in [2.45, 2.75) is 19.4 Å². The Hall–Kier alpha value is -1.07. The van der Waals surface area contributed by atoms with Crippen molar-refractivity contribution in [1.82, 2.24) is 5.32 Å². The van der Waals surface area contributed by atoms with E-state index >= 15 is 0 Å². The summed E-state index contributed by atoms with van der Waals surface area (Å²) >= 11 is 3.32. The Morgan fingerprint density at radius 1 is 1.59 bits per heavy atom. The molecule has 94 valence electrons. The first kappa shape index (κ1) is 14.0. The van der Waals surface area contributed by atoms with Gasteiger partial charge in [-0.2, -0.15) is 0 Å². The van der Waals surface area contributed by atoms with Gasteiger partial charge in [-0.05, 0) is 40.5 Å². The summed E-state index contributed by atoms with van der Waals surface area (Å²) in [6.45, 7) is 1.85. The summed E-state index contributed by atoms with van der Waals surface area (Å²) in [7, 11) is 1.57. The fourth-order valence-corrected chi connectivity index (χ4v) is 1.89. The predicted molar refractivity (Wildman–Crippen MR) is 69.3 cm³/mol. The maximum absolute atomic E-state index is 11.8. The second kappa shape index (κ2) is 6.61. The normalized spacial score (nSPS) is 12.0. The Balaban J connectivity index is 2.79. The molecule has 5 heteroatoms. The minimum absolute atomic E-state index is 0.0560. The first-order valence-corrected chi connectivity index (χ1v) is 6.17. The van der Waals surface area contributed by atoms with Gasteiger partial charge >= 0.3 is 0 Å². The van der Waals surface area contributed by atoms with Crippen LogP contribution < -0.4 is 10.1 Å². The average molecular weight is 302 g/mol. The highest BCUT2D eigenvalue weighted by Crippen LogP contribution is 2.25. The molecule has 0 saturated carbocycles. The van der Waals surface area contributed by atoms with Crippen molar-refractivity contribution in [1.29, 1.82) is 0 Å². The zero-order valence-corrected chi connectivity index (χ0v) is 11.5. The van der Waals surface area contributed by atoms with Crippen molar-refractivity contribution in [3.05, 3.63) is 28.2 Å². The molecule has 1 rings (SSSR count). The van der Waals surface area contributed by atoms with Crippen molar-refractivity contribution in [3.63, 3.8) is 0 Å². The van der Waals surface area contributed by atoms with Crippen LogP contribution in [0.4, 0.5) is 0 Å². The van der Waals surface area contributed by atoms with Crippen LogP contribution in [0.1, 0.15) is 23.7 Å². The Kier molecular flexibility index (Phi) is 5.44. The lowest BCUT2D eigenvalue weighted by Gasteiger charge is -2.14. The van der Waals surface area contributed by atoms with Gasteiger partial charge < -0.3 is 15.2 Å². The molecule has 0 bridgehead atoms. The van der Waals surface area contributed by atoms with Gasteiger partial charge in [0.05, 0.1) is 24.2 Å². The number of carbonyl (C=O) groups excluding carboxylic acids is 1. The van der Waals surface area contributed by atoms with Gasteiger partial charge in [-0.1, -0.05) is 6.92 Å². The minimum Gasteiger partial charge on any atom is -0.496 e. The molecule has 1 unspecified atom stereocenters. The number of carbonyl (C=O) groups is 1. The molecule has 0 heterocycles. The Morgan fingerprint density at radius 2 is 2.29 bits per heavy atom. The van der Waals surface area contributed by atoms with Crippen molar-refractivity contribution in [3.8, 4) is 5.75 Å². The molecule has 4 nitrogen and oxygen atoms in total. The first-order chi connectivity index (χ1) is 8.12. The van der Waals surface area contributed by atoms with E-state index in [1.807, 2.05) is 6.92 Å². The second-order valence-corrected chi connectivity index (χ2v) is 4.46. The standard InChI is InChI=1S/C12H16BrNO3/c1-3-9(7-15)14-12(16)8-4-5-11(17-2)10(13)6-8/h4-6,9,15H,3,7H2,1-2H3,(H,14,16). The van der Waals surface area contributed by atoms with Crippen LogP contribution in [-0.4, -0.2) is 30.8 Å². The lowest BCUT2D eigenvalue weighted by Crippen LogP contribution is -2.36. The SMILES string of the molecule is CCC(CO)NC(=O)c1ccc(OC)c(Br)c1. The highest BCUT2D eigenvalue weighted by molar-refractivity contribution is 9.10. The maximum Gasteiger partial charge on any atom is 0.251 e. The monoisotopic (exact) mass is 301 g/mol. The van der Waals surface area contributed by atoms with E-state index in [0.717, 1.165) is 4.47 Å². The molecule has 1 aromatic rings. The van der Waals surface area contributed by atoms with Crippen LogP contribution >= 0.6 is 15.9 Å². The molecule has 0 fully saturated rings. The molecule has 0 aliphatic heterocycles. The van der Waals surface area contributed by atoms with Crippen LogP contribution in [0.5, 0.6) is 5.75 Å². The zero-order valence-electron chi connectivity index (χ0n) is 9.87. The Bertz CT molecular complexity index is 391. The molecule has 1 atom stereocenters. The van der Waals surface area contributed by atoms with E-state index < -0.39 is 0 Å². The molecule has 2 N–H and O–H groups in total. The molecule has 1 amide bonds. The molecular formula is C12H16BrNO3. The van der Waals surface area contributed by atoms with Crippen LogP contribution in [-0.2, 0) is 0 Å². The number of rotatable bonds is 5. The quantitative estimate of drug-likeness (QED) is 0.874. The molecule has 1 aromatic carbocycles.